The monoisotopic (exact) mass is 330 g/mol. The highest BCUT2D eigenvalue weighted by atomic mass is 15.3. The summed E-state index contributed by atoms with van der Waals surface area (Å²) in [7, 11) is 0. The molecule has 0 N–H and O–H groups in total. The van der Waals surface area contributed by atoms with Gasteiger partial charge in [-0.25, -0.2) is 4.98 Å². The molecule has 1 aliphatic heterocycles. The molecule has 2 heteroatoms. The van der Waals surface area contributed by atoms with Crippen molar-refractivity contribution in [3.8, 4) is 0 Å². The molecular formula is C23H26N2. The van der Waals surface area contributed by atoms with Gasteiger partial charge < -0.3 is 4.90 Å². The lowest BCUT2D eigenvalue weighted by Crippen LogP contribution is -2.50. The number of pyridine rings is 1. The minimum absolute atomic E-state index is 0.337. The fourth-order valence-electron chi connectivity index (χ4n) is 7.61. The molecule has 5 aliphatic rings. The van der Waals surface area contributed by atoms with Gasteiger partial charge in [0.15, 0.2) is 0 Å². The van der Waals surface area contributed by atoms with Crippen molar-refractivity contribution in [1.29, 1.82) is 0 Å². The topological polar surface area (TPSA) is 16.1 Å². The Bertz CT molecular complexity index is 855. The first-order valence-corrected chi connectivity index (χ1v) is 10.0. The molecule has 4 saturated carbocycles. The minimum Gasteiger partial charge on any atom is -0.322 e. The maximum absolute atomic E-state index is 4.92. The van der Waals surface area contributed by atoms with Gasteiger partial charge in [-0.2, -0.15) is 0 Å². The predicted molar refractivity (Wildman–Crippen MR) is 101 cm³/mol. The summed E-state index contributed by atoms with van der Waals surface area (Å²) in [6.45, 7) is 4.73. The molecule has 0 amide bonds. The third kappa shape index (κ3) is 1.55. The SMILES string of the molecule is Cc1ccccc1N1c2ncccc2C2(C3CC4CC(C3)C2C4)[C@@H]1C. The van der Waals surface area contributed by atoms with Crippen LogP contribution in [0.15, 0.2) is 42.6 Å². The molecule has 2 heterocycles. The molecule has 6 atom stereocenters. The number of para-hydroxylation sites is 1. The molecule has 4 fully saturated rings. The summed E-state index contributed by atoms with van der Waals surface area (Å²) in [5.41, 5.74) is 4.60. The molecule has 25 heavy (non-hydrogen) atoms. The zero-order valence-corrected chi connectivity index (χ0v) is 15.2. The lowest BCUT2D eigenvalue weighted by atomic mass is 9.59. The van der Waals surface area contributed by atoms with Crippen LogP contribution in [0.1, 0.15) is 43.7 Å². The molecular weight excluding hydrogens is 304 g/mol. The highest BCUT2D eigenvalue weighted by molar-refractivity contribution is 5.74. The van der Waals surface area contributed by atoms with E-state index < -0.39 is 0 Å². The summed E-state index contributed by atoms with van der Waals surface area (Å²) in [6, 6.07) is 13.9. The molecule has 4 bridgehead atoms. The minimum atomic E-state index is 0.337. The van der Waals surface area contributed by atoms with Gasteiger partial charge in [0.1, 0.15) is 5.82 Å². The summed E-state index contributed by atoms with van der Waals surface area (Å²) in [6.07, 6.45) is 7.85. The number of hydrogen-bond acceptors (Lipinski definition) is 2. The quantitative estimate of drug-likeness (QED) is 0.711. The average molecular weight is 330 g/mol. The third-order valence-corrected chi connectivity index (χ3v) is 8.22. The van der Waals surface area contributed by atoms with E-state index in [4.69, 9.17) is 4.98 Å². The lowest BCUT2D eigenvalue weighted by Gasteiger charge is -2.46. The van der Waals surface area contributed by atoms with Crippen LogP contribution in [-0.2, 0) is 5.41 Å². The van der Waals surface area contributed by atoms with Crippen LogP contribution < -0.4 is 4.90 Å². The Kier molecular flexibility index (Phi) is 2.68. The van der Waals surface area contributed by atoms with Gasteiger partial charge in [-0.05, 0) is 80.9 Å². The van der Waals surface area contributed by atoms with Crippen molar-refractivity contribution in [2.45, 2.75) is 51.0 Å². The number of rotatable bonds is 1. The van der Waals surface area contributed by atoms with E-state index in [1.54, 1.807) is 5.56 Å². The van der Waals surface area contributed by atoms with Crippen molar-refractivity contribution in [2.24, 2.45) is 23.7 Å². The maximum atomic E-state index is 4.92. The van der Waals surface area contributed by atoms with Gasteiger partial charge in [-0.15, -0.1) is 0 Å². The second-order valence-corrected chi connectivity index (χ2v) is 9.01. The van der Waals surface area contributed by atoms with Crippen molar-refractivity contribution in [2.75, 3.05) is 4.90 Å². The van der Waals surface area contributed by atoms with Crippen molar-refractivity contribution in [1.82, 2.24) is 4.98 Å². The third-order valence-electron chi connectivity index (χ3n) is 8.22. The van der Waals surface area contributed by atoms with E-state index in [0.29, 0.717) is 11.5 Å². The van der Waals surface area contributed by atoms with Crippen molar-refractivity contribution < 1.29 is 0 Å². The van der Waals surface area contributed by atoms with Crippen molar-refractivity contribution in [3.05, 3.63) is 53.7 Å². The molecule has 128 valence electrons. The number of nitrogens with zero attached hydrogens (tertiary/aromatic N) is 2. The Morgan fingerprint density at radius 3 is 2.76 bits per heavy atom. The predicted octanol–water partition coefficient (Wildman–Crippen LogP) is 5.23. The highest BCUT2D eigenvalue weighted by Crippen LogP contribution is 2.72. The highest BCUT2D eigenvalue weighted by Gasteiger charge is 2.68. The number of hydrogen-bond donors (Lipinski definition) is 0. The van der Waals surface area contributed by atoms with Crippen LogP contribution in [0, 0.1) is 30.6 Å². The zero-order valence-electron chi connectivity index (χ0n) is 15.2. The van der Waals surface area contributed by atoms with E-state index in [-0.39, 0.29) is 0 Å². The molecule has 4 aliphatic carbocycles. The normalized spacial score (nSPS) is 40.2. The number of benzene rings is 1. The van der Waals surface area contributed by atoms with Crippen molar-refractivity contribution in [3.63, 3.8) is 0 Å². The summed E-state index contributed by atoms with van der Waals surface area (Å²) in [4.78, 5) is 7.50. The first-order chi connectivity index (χ1) is 12.2. The van der Waals surface area contributed by atoms with Crippen LogP contribution in [0.5, 0.6) is 0 Å². The number of aryl methyl sites for hydroxylation is 1. The molecule has 1 aromatic heterocycles. The molecule has 0 saturated heterocycles. The van der Waals surface area contributed by atoms with Gasteiger partial charge in [0, 0.05) is 28.9 Å². The molecule has 2 aromatic rings. The van der Waals surface area contributed by atoms with Crippen LogP contribution in [0.4, 0.5) is 11.5 Å². The van der Waals surface area contributed by atoms with Crippen molar-refractivity contribution >= 4 is 11.5 Å². The Morgan fingerprint density at radius 1 is 1.04 bits per heavy atom. The maximum Gasteiger partial charge on any atom is 0.137 e. The van der Waals surface area contributed by atoms with E-state index in [1.165, 1.54) is 42.8 Å². The Balaban J connectivity index is 1.59. The van der Waals surface area contributed by atoms with Crippen LogP contribution in [0.2, 0.25) is 0 Å². The van der Waals surface area contributed by atoms with E-state index in [0.717, 1.165) is 23.7 Å². The fourth-order valence-corrected chi connectivity index (χ4v) is 7.61. The molecule has 0 radical (unpaired) electrons. The zero-order chi connectivity index (χ0) is 16.8. The second-order valence-electron chi connectivity index (χ2n) is 9.01. The lowest BCUT2D eigenvalue weighted by molar-refractivity contribution is 0.137. The first kappa shape index (κ1) is 14.4. The van der Waals surface area contributed by atoms with Gasteiger partial charge >= 0.3 is 0 Å². The second kappa shape index (κ2) is 4.66. The summed E-state index contributed by atoms with van der Waals surface area (Å²) in [5.74, 6) is 4.96. The summed E-state index contributed by atoms with van der Waals surface area (Å²) < 4.78 is 0. The number of fused-ring (bicyclic) bond motifs is 1. The van der Waals surface area contributed by atoms with Gasteiger partial charge in [-0.3, -0.25) is 0 Å². The molecule has 2 nitrogen and oxygen atoms in total. The van der Waals surface area contributed by atoms with E-state index in [1.807, 2.05) is 6.20 Å². The molecule has 7 rings (SSSR count). The fraction of sp³-hybridized carbons (Fsp3) is 0.522. The van der Waals surface area contributed by atoms with E-state index in [2.05, 4.69) is 55.1 Å². The summed E-state index contributed by atoms with van der Waals surface area (Å²) >= 11 is 0. The largest absolute Gasteiger partial charge is 0.322 e. The molecule has 1 spiro atoms. The van der Waals surface area contributed by atoms with Gasteiger partial charge in [-0.1, -0.05) is 24.3 Å². The van der Waals surface area contributed by atoms with Gasteiger partial charge in [0.2, 0.25) is 0 Å². The Hall–Kier alpha value is -1.83. The Labute approximate surface area is 150 Å². The van der Waals surface area contributed by atoms with E-state index in [9.17, 15) is 0 Å². The van der Waals surface area contributed by atoms with Crippen LogP contribution in [0.3, 0.4) is 0 Å². The van der Waals surface area contributed by atoms with Crippen LogP contribution in [-0.4, -0.2) is 11.0 Å². The van der Waals surface area contributed by atoms with Crippen LogP contribution in [0.25, 0.3) is 0 Å². The van der Waals surface area contributed by atoms with E-state index >= 15 is 0 Å². The van der Waals surface area contributed by atoms with Gasteiger partial charge in [0.05, 0.1) is 0 Å². The Morgan fingerprint density at radius 2 is 1.92 bits per heavy atom. The standard InChI is InChI=1S/C23H26N2/c1-14-6-3-4-8-21(14)25-15(2)23(19-7-5-9-24-22(19)25)18-11-16-10-17(13-18)20(23)12-16/h3-9,15-18,20H,10-13H2,1-2H3/t15-,16?,17?,18?,20?,23?/m0/s1. The average Bonchev–Trinajstić information content (AvgIpc) is 3.14. The first-order valence-electron chi connectivity index (χ1n) is 10.0. The van der Waals surface area contributed by atoms with Crippen LogP contribution >= 0.6 is 0 Å². The molecule has 1 aromatic carbocycles. The number of aromatic nitrogens is 1. The summed E-state index contributed by atoms with van der Waals surface area (Å²) in [5, 5.41) is 0. The number of anilines is 2. The smallest absolute Gasteiger partial charge is 0.137 e. The molecule has 5 unspecified atom stereocenters. The van der Waals surface area contributed by atoms with Gasteiger partial charge in [0.25, 0.3) is 0 Å².